The van der Waals surface area contributed by atoms with Gasteiger partial charge in [-0.1, -0.05) is 6.92 Å². The highest BCUT2D eigenvalue weighted by Crippen LogP contribution is 2.36. The molecule has 3 aromatic heterocycles. The number of nitrogens with zero attached hydrogens (tertiary/aromatic N) is 6. The summed E-state index contributed by atoms with van der Waals surface area (Å²) >= 11 is 0. The number of ether oxygens (including phenoxy) is 3. The number of benzene rings is 1. The molecule has 1 aliphatic heterocycles. The van der Waals surface area contributed by atoms with E-state index >= 15 is 0 Å². The van der Waals surface area contributed by atoms with Crippen LogP contribution in [0, 0.1) is 0 Å². The van der Waals surface area contributed by atoms with Crippen LogP contribution in [0.4, 0.5) is 22.2 Å². The maximum Gasteiger partial charge on any atom is 0.409 e. The topological polar surface area (TPSA) is 128 Å². The van der Waals surface area contributed by atoms with Crippen LogP contribution >= 0.6 is 0 Å². The van der Waals surface area contributed by atoms with E-state index in [0.29, 0.717) is 79.7 Å². The molecule has 12 heteroatoms. The van der Waals surface area contributed by atoms with Gasteiger partial charge in [0.2, 0.25) is 5.95 Å². The van der Waals surface area contributed by atoms with Crippen molar-refractivity contribution in [3.8, 4) is 34.2 Å². The Labute approximate surface area is 244 Å². The van der Waals surface area contributed by atoms with Gasteiger partial charge in [0, 0.05) is 50.4 Å². The molecule has 0 unspecified atom stereocenters. The standard InChI is InChI=1S/C30H35N7O5/c1-5-7-26-35-27(20-16-22(39-3)18-23(17-20)40-4)28(42-26)24-10-11-31-29(34-24)33-21-8-9-25(32-19-21)36-12-14-37(15-13-36)30(38)41-6-2/h8-11,16-19H,5-7,12-15H2,1-4H3,(H,31,33,34). The lowest BCUT2D eigenvalue weighted by molar-refractivity contribution is 0.105. The number of pyridine rings is 1. The van der Waals surface area contributed by atoms with Gasteiger partial charge < -0.3 is 33.7 Å². The molecular weight excluding hydrogens is 538 g/mol. The average molecular weight is 574 g/mol. The predicted molar refractivity (Wildman–Crippen MR) is 158 cm³/mol. The van der Waals surface area contributed by atoms with Crippen LogP contribution in [0.3, 0.4) is 0 Å². The van der Waals surface area contributed by atoms with Gasteiger partial charge >= 0.3 is 6.09 Å². The second-order valence-corrected chi connectivity index (χ2v) is 9.61. The highest BCUT2D eigenvalue weighted by Gasteiger charge is 2.23. The van der Waals surface area contributed by atoms with Crippen LogP contribution in [-0.4, -0.2) is 77.9 Å². The summed E-state index contributed by atoms with van der Waals surface area (Å²) in [6, 6.07) is 11.3. The number of nitrogens with one attached hydrogen (secondary N) is 1. The largest absolute Gasteiger partial charge is 0.497 e. The van der Waals surface area contributed by atoms with E-state index in [4.69, 9.17) is 28.6 Å². The molecule has 1 aliphatic rings. The van der Waals surface area contributed by atoms with Gasteiger partial charge in [0.25, 0.3) is 0 Å². The fourth-order valence-corrected chi connectivity index (χ4v) is 4.65. The molecule has 0 saturated carbocycles. The van der Waals surface area contributed by atoms with Crippen molar-refractivity contribution in [2.75, 3.05) is 57.2 Å². The first-order chi connectivity index (χ1) is 20.5. The summed E-state index contributed by atoms with van der Waals surface area (Å²) in [4.78, 5) is 34.4. The van der Waals surface area contributed by atoms with Crippen molar-refractivity contribution in [3.05, 3.63) is 54.7 Å². The molecule has 0 aliphatic carbocycles. The van der Waals surface area contributed by atoms with Crippen LogP contribution in [0.25, 0.3) is 22.7 Å². The molecule has 0 spiro atoms. The molecule has 1 saturated heterocycles. The van der Waals surface area contributed by atoms with E-state index in [-0.39, 0.29) is 6.09 Å². The Balaban J connectivity index is 1.34. The summed E-state index contributed by atoms with van der Waals surface area (Å²) in [5, 5.41) is 3.23. The second-order valence-electron chi connectivity index (χ2n) is 9.61. The Morgan fingerprint density at radius 1 is 0.976 bits per heavy atom. The van der Waals surface area contributed by atoms with Crippen molar-refractivity contribution in [3.63, 3.8) is 0 Å². The molecule has 1 N–H and O–H groups in total. The number of piperazine rings is 1. The number of hydrogen-bond donors (Lipinski definition) is 1. The van der Waals surface area contributed by atoms with E-state index in [0.717, 1.165) is 23.5 Å². The zero-order valence-electron chi connectivity index (χ0n) is 24.3. The lowest BCUT2D eigenvalue weighted by atomic mass is 10.1. The van der Waals surface area contributed by atoms with Gasteiger partial charge in [-0.2, -0.15) is 0 Å². The third-order valence-electron chi connectivity index (χ3n) is 6.78. The van der Waals surface area contributed by atoms with Crippen molar-refractivity contribution in [1.82, 2.24) is 24.8 Å². The van der Waals surface area contributed by atoms with Gasteiger partial charge in [-0.3, -0.25) is 0 Å². The summed E-state index contributed by atoms with van der Waals surface area (Å²) in [6.07, 6.45) is 4.73. The highest BCUT2D eigenvalue weighted by atomic mass is 16.6. The fraction of sp³-hybridized carbons (Fsp3) is 0.367. The monoisotopic (exact) mass is 573 g/mol. The van der Waals surface area contributed by atoms with E-state index in [1.54, 1.807) is 37.6 Å². The molecule has 4 heterocycles. The first-order valence-electron chi connectivity index (χ1n) is 14.0. The third kappa shape index (κ3) is 6.54. The summed E-state index contributed by atoms with van der Waals surface area (Å²) in [6.45, 7) is 6.81. The molecule has 220 valence electrons. The summed E-state index contributed by atoms with van der Waals surface area (Å²) in [5.74, 6) is 3.69. The van der Waals surface area contributed by atoms with Crippen LogP contribution < -0.4 is 19.7 Å². The number of hydrogen-bond acceptors (Lipinski definition) is 11. The minimum absolute atomic E-state index is 0.269. The van der Waals surface area contributed by atoms with Gasteiger partial charge in [0.1, 0.15) is 28.7 Å². The van der Waals surface area contributed by atoms with Gasteiger partial charge in [0.15, 0.2) is 11.7 Å². The molecule has 0 bridgehead atoms. The number of methoxy groups -OCH3 is 2. The molecule has 42 heavy (non-hydrogen) atoms. The fourth-order valence-electron chi connectivity index (χ4n) is 4.65. The normalized spacial score (nSPS) is 13.1. The quantitative estimate of drug-likeness (QED) is 0.269. The number of amides is 1. The number of carbonyl (C=O) groups is 1. The Hall–Kier alpha value is -4.87. The van der Waals surface area contributed by atoms with Crippen LogP contribution in [0.5, 0.6) is 11.5 Å². The second kappa shape index (κ2) is 13.2. The highest BCUT2D eigenvalue weighted by molar-refractivity contribution is 5.77. The van der Waals surface area contributed by atoms with Gasteiger partial charge in [0.05, 0.1) is 32.7 Å². The van der Waals surface area contributed by atoms with E-state index in [2.05, 4.69) is 27.1 Å². The van der Waals surface area contributed by atoms with E-state index in [9.17, 15) is 4.79 Å². The zero-order chi connectivity index (χ0) is 29.5. The minimum atomic E-state index is -0.269. The minimum Gasteiger partial charge on any atom is -0.497 e. The van der Waals surface area contributed by atoms with Crippen LogP contribution in [-0.2, 0) is 11.2 Å². The number of aryl methyl sites for hydroxylation is 1. The van der Waals surface area contributed by atoms with Crippen molar-refractivity contribution in [1.29, 1.82) is 0 Å². The SMILES string of the molecule is CCCc1nc(-c2cc(OC)cc(OC)c2)c(-c2ccnc(Nc3ccc(N4CCN(C(=O)OCC)CC4)nc3)n2)o1. The molecule has 1 fully saturated rings. The van der Waals surface area contributed by atoms with E-state index < -0.39 is 0 Å². The van der Waals surface area contributed by atoms with Gasteiger partial charge in [-0.15, -0.1) is 0 Å². The first-order valence-corrected chi connectivity index (χ1v) is 14.0. The lowest BCUT2D eigenvalue weighted by Gasteiger charge is -2.34. The van der Waals surface area contributed by atoms with Gasteiger partial charge in [-0.05, 0) is 43.7 Å². The first kappa shape index (κ1) is 28.7. The Bertz CT molecular complexity index is 1480. The smallest absolute Gasteiger partial charge is 0.409 e. The summed E-state index contributed by atoms with van der Waals surface area (Å²) in [7, 11) is 3.22. The van der Waals surface area contributed by atoms with Crippen LogP contribution in [0.15, 0.2) is 53.2 Å². The summed E-state index contributed by atoms with van der Waals surface area (Å²) < 4.78 is 22.3. The van der Waals surface area contributed by atoms with E-state index in [1.807, 2.05) is 37.3 Å². The number of oxazole rings is 1. The molecule has 4 aromatic rings. The Kier molecular flexibility index (Phi) is 9.00. The van der Waals surface area contributed by atoms with Crippen molar-refractivity contribution in [2.45, 2.75) is 26.7 Å². The third-order valence-corrected chi connectivity index (χ3v) is 6.78. The molecular formula is C30H35N7O5. The van der Waals surface area contributed by atoms with E-state index in [1.165, 1.54) is 0 Å². The molecule has 1 aromatic carbocycles. The molecule has 5 rings (SSSR count). The number of rotatable bonds is 10. The maximum atomic E-state index is 12.0. The average Bonchev–Trinajstić information content (AvgIpc) is 3.46. The van der Waals surface area contributed by atoms with Gasteiger partial charge in [-0.25, -0.2) is 24.7 Å². The summed E-state index contributed by atoms with van der Waals surface area (Å²) in [5.41, 5.74) is 2.77. The molecule has 1 amide bonds. The molecule has 0 atom stereocenters. The van der Waals surface area contributed by atoms with Crippen LogP contribution in [0.1, 0.15) is 26.2 Å². The molecule has 0 radical (unpaired) electrons. The maximum absolute atomic E-state index is 12.0. The Morgan fingerprint density at radius 2 is 1.74 bits per heavy atom. The number of aromatic nitrogens is 4. The Morgan fingerprint density at radius 3 is 2.38 bits per heavy atom. The van der Waals surface area contributed by atoms with Crippen molar-refractivity contribution < 1.29 is 23.4 Å². The zero-order valence-corrected chi connectivity index (χ0v) is 24.3. The van der Waals surface area contributed by atoms with Crippen molar-refractivity contribution >= 4 is 23.5 Å². The van der Waals surface area contributed by atoms with Crippen LogP contribution in [0.2, 0.25) is 0 Å². The lowest BCUT2D eigenvalue weighted by Crippen LogP contribution is -2.49. The van der Waals surface area contributed by atoms with Crippen molar-refractivity contribution in [2.24, 2.45) is 0 Å². The number of anilines is 3. The predicted octanol–water partition coefficient (Wildman–Crippen LogP) is 5.19. The molecule has 12 nitrogen and oxygen atoms in total. The number of carbonyl (C=O) groups excluding carboxylic acids is 1.